The fourth-order valence-corrected chi connectivity index (χ4v) is 3.15. The standard InChI is InChI=1S/C18H26ClNO3/c1-2-23-13-3-4-17(21)20-11-9-15(10-12-20)18(22)14-5-7-16(19)8-6-14/h5-8,15,18,22H,2-4,9-13H2,1H3. The summed E-state index contributed by atoms with van der Waals surface area (Å²) in [4.78, 5) is 14.1. The zero-order valence-electron chi connectivity index (χ0n) is 13.7. The summed E-state index contributed by atoms with van der Waals surface area (Å²) in [5.74, 6) is 0.396. The first-order valence-electron chi connectivity index (χ1n) is 8.41. The number of carbonyl (C=O) groups excluding carboxylic acids is 1. The minimum atomic E-state index is -0.484. The summed E-state index contributed by atoms with van der Waals surface area (Å²) in [5.41, 5.74) is 0.899. The number of amides is 1. The quantitative estimate of drug-likeness (QED) is 0.774. The van der Waals surface area contributed by atoms with Crippen molar-refractivity contribution >= 4 is 17.5 Å². The number of aliphatic hydroxyl groups excluding tert-OH is 1. The van der Waals surface area contributed by atoms with Crippen molar-refractivity contribution in [1.29, 1.82) is 0 Å². The number of benzene rings is 1. The maximum atomic E-state index is 12.1. The van der Waals surface area contributed by atoms with Gasteiger partial charge in [-0.25, -0.2) is 0 Å². The highest BCUT2D eigenvalue weighted by Crippen LogP contribution is 2.31. The van der Waals surface area contributed by atoms with Crippen molar-refractivity contribution < 1.29 is 14.6 Å². The van der Waals surface area contributed by atoms with Crippen LogP contribution < -0.4 is 0 Å². The number of rotatable bonds is 7. The summed E-state index contributed by atoms with van der Waals surface area (Å²) in [6, 6.07) is 7.35. The normalized spacial score (nSPS) is 17.3. The van der Waals surface area contributed by atoms with Crippen LogP contribution in [0.1, 0.15) is 44.3 Å². The van der Waals surface area contributed by atoms with Crippen molar-refractivity contribution in [2.24, 2.45) is 5.92 Å². The van der Waals surface area contributed by atoms with E-state index in [4.69, 9.17) is 16.3 Å². The molecular weight excluding hydrogens is 314 g/mol. The highest BCUT2D eigenvalue weighted by molar-refractivity contribution is 6.30. The maximum absolute atomic E-state index is 12.1. The van der Waals surface area contributed by atoms with Gasteiger partial charge in [0.1, 0.15) is 0 Å². The Morgan fingerprint density at radius 3 is 2.61 bits per heavy atom. The molecule has 0 saturated carbocycles. The van der Waals surface area contributed by atoms with E-state index in [1.807, 2.05) is 24.0 Å². The van der Waals surface area contributed by atoms with E-state index < -0.39 is 6.10 Å². The molecule has 1 fully saturated rings. The molecule has 1 atom stereocenters. The van der Waals surface area contributed by atoms with Crippen LogP contribution in [0, 0.1) is 5.92 Å². The molecule has 1 aromatic carbocycles. The summed E-state index contributed by atoms with van der Waals surface area (Å²) in [5, 5.41) is 11.2. The Bertz CT molecular complexity index is 484. The van der Waals surface area contributed by atoms with Gasteiger partial charge in [-0.15, -0.1) is 0 Å². The average Bonchev–Trinajstić information content (AvgIpc) is 2.59. The molecule has 0 radical (unpaired) electrons. The number of piperidine rings is 1. The molecule has 0 aromatic heterocycles. The molecule has 23 heavy (non-hydrogen) atoms. The molecule has 1 aromatic rings. The minimum Gasteiger partial charge on any atom is -0.388 e. The van der Waals surface area contributed by atoms with Gasteiger partial charge in [0.2, 0.25) is 5.91 Å². The number of likely N-dealkylation sites (tertiary alicyclic amines) is 1. The molecular formula is C18H26ClNO3. The Kier molecular flexibility index (Phi) is 7.34. The molecule has 1 heterocycles. The van der Waals surface area contributed by atoms with Crippen LogP contribution in [0.2, 0.25) is 5.02 Å². The van der Waals surface area contributed by atoms with Gasteiger partial charge in [0.25, 0.3) is 0 Å². The largest absolute Gasteiger partial charge is 0.388 e. The van der Waals surface area contributed by atoms with Crippen LogP contribution >= 0.6 is 11.6 Å². The summed E-state index contributed by atoms with van der Waals surface area (Å²) in [6.07, 6.45) is 2.51. The third-order valence-corrected chi connectivity index (χ3v) is 4.69. The van der Waals surface area contributed by atoms with Crippen molar-refractivity contribution in [1.82, 2.24) is 4.90 Å². The molecule has 0 bridgehead atoms. The van der Waals surface area contributed by atoms with Gasteiger partial charge in [-0.3, -0.25) is 4.79 Å². The van der Waals surface area contributed by atoms with E-state index >= 15 is 0 Å². The molecule has 4 nitrogen and oxygen atoms in total. The van der Waals surface area contributed by atoms with Crippen molar-refractivity contribution in [3.63, 3.8) is 0 Å². The van der Waals surface area contributed by atoms with E-state index in [0.717, 1.165) is 37.9 Å². The Hall–Kier alpha value is -1.10. The van der Waals surface area contributed by atoms with E-state index in [1.165, 1.54) is 0 Å². The lowest BCUT2D eigenvalue weighted by atomic mass is 9.87. The predicted octanol–water partition coefficient (Wildman–Crippen LogP) is 3.43. The van der Waals surface area contributed by atoms with Crippen molar-refractivity contribution in [3.8, 4) is 0 Å². The third-order valence-electron chi connectivity index (χ3n) is 4.43. The smallest absolute Gasteiger partial charge is 0.222 e. The third kappa shape index (κ3) is 5.48. The summed E-state index contributed by atoms with van der Waals surface area (Å²) in [6.45, 7) is 4.75. The van der Waals surface area contributed by atoms with E-state index in [-0.39, 0.29) is 11.8 Å². The van der Waals surface area contributed by atoms with Gasteiger partial charge < -0.3 is 14.7 Å². The molecule has 5 heteroatoms. The zero-order chi connectivity index (χ0) is 16.7. The molecule has 0 aliphatic carbocycles. The van der Waals surface area contributed by atoms with Gasteiger partial charge in [0, 0.05) is 37.7 Å². The van der Waals surface area contributed by atoms with Crippen molar-refractivity contribution in [2.75, 3.05) is 26.3 Å². The molecule has 1 saturated heterocycles. The Labute approximate surface area is 143 Å². The van der Waals surface area contributed by atoms with Crippen LogP contribution in [0.5, 0.6) is 0 Å². The second-order valence-corrected chi connectivity index (χ2v) is 6.45. The topological polar surface area (TPSA) is 49.8 Å². The molecule has 2 rings (SSSR count). The lowest BCUT2D eigenvalue weighted by Gasteiger charge is -2.34. The van der Waals surface area contributed by atoms with Gasteiger partial charge in [0.15, 0.2) is 0 Å². The number of carbonyl (C=O) groups is 1. The van der Waals surface area contributed by atoms with Gasteiger partial charge in [-0.05, 0) is 49.8 Å². The van der Waals surface area contributed by atoms with E-state index in [9.17, 15) is 9.90 Å². The van der Waals surface area contributed by atoms with Gasteiger partial charge in [-0.1, -0.05) is 23.7 Å². The lowest BCUT2D eigenvalue weighted by Crippen LogP contribution is -2.39. The highest BCUT2D eigenvalue weighted by Gasteiger charge is 2.27. The average molecular weight is 340 g/mol. The molecule has 1 N–H and O–H groups in total. The molecule has 1 unspecified atom stereocenters. The Morgan fingerprint density at radius 1 is 1.35 bits per heavy atom. The molecule has 1 aliphatic rings. The van der Waals surface area contributed by atoms with Crippen LogP contribution in [0.15, 0.2) is 24.3 Å². The monoisotopic (exact) mass is 339 g/mol. The second-order valence-electron chi connectivity index (χ2n) is 6.02. The number of halogens is 1. The Balaban J connectivity index is 1.76. The lowest BCUT2D eigenvalue weighted by molar-refractivity contribution is -0.133. The first-order chi connectivity index (χ1) is 11.1. The molecule has 0 spiro atoms. The molecule has 1 amide bonds. The first kappa shape index (κ1) is 18.2. The fraction of sp³-hybridized carbons (Fsp3) is 0.611. The summed E-state index contributed by atoms with van der Waals surface area (Å²) < 4.78 is 5.26. The Morgan fingerprint density at radius 2 is 2.00 bits per heavy atom. The SMILES string of the molecule is CCOCCCC(=O)N1CCC(C(O)c2ccc(Cl)cc2)CC1. The van der Waals surface area contributed by atoms with Crippen LogP contribution in [-0.4, -0.2) is 42.2 Å². The number of hydrogen-bond acceptors (Lipinski definition) is 3. The van der Waals surface area contributed by atoms with Crippen LogP contribution in [-0.2, 0) is 9.53 Å². The number of nitrogens with zero attached hydrogens (tertiary/aromatic N) is 1. The molecule has 1 aliphatic heterocycles. The zero-order valence-corrected chi connectivity index (χ0v) is 14.5. The maximum Gasteiger partial charge on any atom is 0.222 e. The van der Waals surface area contributed by atoms with Crippen molar-refractivity contribution in [2.45, 2.75) is 38.7 Å². The van der Waals surface area contributed by atoms with Gasteiger partial charge in [0.05, 0.1) is 6.10 Å². The van der Waals surface area contributed by atoms with Crippen molar-refractivity contribution in [3.05, 3.63) is 34.9 Å². The van der Waals surface area contributed by atoms with Gasteiger partial charge >= 0.3 is 0 Å². The van der Waals surface area contributed by atoms with E-state index in [0.29, 0.717) is 24.7 Å². The number of aliphatic hydroxyl groups is 1. The predicted molar refractivity (Wildman–Crippen MR) is 91.4 cm³/mol. The minimum absolute atomic E-state index is 0.198. The van der Waals surface area contributed by atoms with E-state index in [1.54, 1.807) is 12.1 Å². The second kappa shape index (κ2) is 9.26. The highest BCUT2D eigenvalue weighted by atomic mass is 35.5. The number of ether oxygens (including phenoxy) is 1. The van der Waals surface area contributed by atoms with Gasteiger partial charge in [-0.2, -0.15) is 0 Å². The van der Waals surface area contributed by atoms with Crippen LogP contribution in [0.3, 0.4) is 0 Å². The molecule has 128 valence electrons. The van der Waals surface area contributed by atoms with E-state index in [2.05, 4.69) is 0 Å². The number of hydrogen-bond donors (Lipinski definition) is 1. The fourth-order valence-electron chi connectivity index (χ4n) is 3.02. The van der Waals surface area contributed by atoms with Crippen LogP contribution in [0.4, 0.5) is 0 Å². The first-order valence-corrected chi connectivity index (χ1v) is 8.78. The summed E-state index contributed by atoms with van der Waals surface area (Å²) >= 11 is 5.88. The summed E-state index contributed by atoms with van der Waals surface area (Å²) in [7, 11) is 0. The van der Waals surface area contributed by atoms with Crippen LogP contribution in [0.25, 0.3) is 0 Å².